The minimum atomic E-state index is -4.59. The van der Waals surface area contributed by atoms with Crippen LogP contribution in [0.5, 0.6) is 0 Å². The molecule has 0 radical (unpaired) electrons. The summed E-state index contributed by atoms with van der Waals surface area (Å²) in [6.07, 6.45) is -4.62. The summed E-state index contributed by atoms with van der Waals surface area (Å²) < 4.78 is 42.7. The molecule has 2 N–H and O–H groups in total. The van der Waals surface area contributed by atoms with E-state index in [0.29, 0.717) is 13.2 Å². The van der Waals surface area contributed by atoms with Crippen LogP contribution in [0.1, 0.15) is 25.7 Å². The van der Waals surface area contributed by atoms with E-state index < -0.39 is 18.2 Å². The third kappa shape index (κ3) is 4.47. The lowest BCUT2D eigenvalue weighted by atomic mass is 9.91. The highest BCUT2D eigenvalue weighted by Gasteiger charge is 2.44. The predicted octanol–water partition coefficient (Wildman–Crippen LogP) is 1.51. The number of aliphatic hydroxyl groups is 1. The van der Waals surface area contributed by atoms with Crippen molar-refractivity contribution in [1.82, 2.24) is 10.2 Å². The number of hydrogen-bond acceptors (Lipinski definition) is 3. The molecule has 122 valence electrons. The molecule has 0 aromatic carbocycles. The first-order valence-electron chi connectivity index (χ1n) is 7.27. The normalized spacial score (nSPS) is 25.9. The Morgan fingerprint density at radius 1 is 1.33 bits per heavy atom. The monoisotopic (exact) mass is 310 g/mol. The molecule has 0 bridgehead atoms. The second kappa shape index (κ2) is 6.83. The summed E-state index contributed by atoms with van der Waals surface area (Å²) in [5.74, 6) is -0.827. The van der Waals surface area contributed by atoms with Gasteiger partial charge in [0.1, 0.15) is 0 Å². The number of hydrogen-bond donors (Lipinski definition) is 2. The Balaban J connectivity index is 1.71. The van der Waals surface area contributed by atoms with E-state index in [1.165, 1.54) is 4.90 Å². The largest absolute Gasteiger partial charge is 0.414 e. The molecule has 0 aliphatic carbocycles. The van der Waals surface area contributed by atoms with Crippen LogP contribution in [0.3, 0.4) is 0 Å². The van der Waals surface area contributed by atoms with Crippen LogP contribution in [0.4, 0.5) is 18.0 Å². The Bertz CT molecular complexity index is 351. The lowest BCUT2D eigenvalue weighted by molar-refractivity contribution is -0.222. The molecule has 2 atom stereocenters. The number of carbonyl (C=O) groups excluding carboxylic acids is 1. The van der Waals surface area contributed by atoms with Crippen molar-refractivity contribution in [3.05, 3.63) is 0 Å². The first kappa shape index (κ1) is 16.4. The third-order valence-corrected chi connectivity index (χ3v) is 4.11. The van der Waals surface area contributed by atoms with Crippen LogP contribution in [0.25, 0.3) is 0 Å². The van der Waals surface area contributed by atoms with E-state index in [0.717, 1.165) is 12.8 Å². The quantitative estimate of drug-likeness (QED) is 0.830. The van der Waals surface area contributed by atoms with Gasteiger partial charge in [-0.25, -0.2) is 4.79 Å². The Labute approximate surface area is 121 Å². The number of rotatable bonds is 3. The molecule has 5 nitrogen and oxygen atoms in total. The van der Waals surface area contributed by atoms with Gasteiger partial charge >= 0.3 is 12.2 Å². The summed E-state index contributed by atoms with van der Waals surface area (Å²) in [7, 11) is 0. The van der Waals surface area contributed by atoms with E-state index >= 15 is 0 Å². The highest BCUT2D eigenvalue weighted by atomic mass is 19.4. The summed E-state index contributed by atoms with van der Waals surface area (Å²) in [6, 6.07) is -0.273. The molecule has 2 saturated heterocycles. The van der Waals surface area contributed by atoms with Crippen molar-refractivity contribution in [3.8, 4) is 0 Å². The molecule has 0 spiro atoms. The Morgan fingerprint density at radius 3 is 2.52 bits per heavy atom. The minimum Gasteiger partial charge on any atom is -0.383 e. The molecule has 2 fully saturated rings. The van der Waals surface area contributed by atoms with Gasteiger partial charge in [0, 0.05) is 26.2 Å². The molecule has 8 heteroatoms. The van der Waals surface area contributed by atoms with Crippen molar-refractivity contribution in [2.75, 3.05) is 26.2 Å². The van der Waals surface area contributed by atoms with Crippen molar-refractivity contribution in [2.45, 2.75) is 44.1 Å². The van der Waals surface area contributed by atoms with Crippen LogP contribution >= 0.6 is 0 Å². The van der Waals surface area contributed by atoms with E-state index in [-0.39, 0.29) is 38.1 Å². The number of ether oxygens (including phenoxy) is 1. The van der Waals surface area contributed by atoms with Gasteiger partial charge in [0.2, 0.25) is 0 Å². The fraction of sp³-hybridized carbons (Fsp3) is 0.923. The highest BCUT2D eigenvalue weighted by Crippen LogP contribution is 2.31. The van der Waals surface area contributed by atoms with Crippen molar-refractivity contribution in [3.63, 3.8) is 0 Å². The predicted molar refractivity (Wildman–Crippen MR) is 68.7 cm³/mol. The number of halogens is 3. The zero-order valence-corrected chi connectivity index (χ0v) is 11.7. The van der Waals surface area contributed by atoms with Crippen molar-refractivity contribution in [2.24, 2.45) is 5.92 Å². The maximum atomic E-state index is 12.4. The van der Waals surface area contributed by atoms with Gasteiger partial charge in [-0.15, -0.1) is 0 Å². The van der Waals surface area contributed by atoms with Gasteiger partial charge in [0.05, 0.1) is 6.10 Å². The van der Waals surface area contributed by atoms with Crippen molar-refractivity contribution >= 4 is 6.03 Å². The van der Waals surface area contributed by atoms with Gasteiger partial charge in [-0.1, -0.05) is 0 Å². The van der Waals surface area contributed by atoms with Gasteiger partial charge in [-0.3, -0.25) is 0 Å². The van der Waals surface area contributed by atoms with Gasteiger partial charge in [-0.05, 0) is 31.6 Å². The van der Waals surface area contributed by atoms with Crippen molar-refractivity contribution in [1.29, 1.82) is 0 Å². The Kier molecular flexibility index (Phi) is 5.32. The molecule has 2 heterocycles. The van der Waals surface area contributed by atoms with Gasteiger partial charge < -0.3 is 20.1 Å². The number of nitrogens with one attached hydrogen (secondary N) is 1. The van der Waals surface area contributed by atoms with Crippen LogP contribution in [-0.4, -0.2) is 60.7 Å². The highest BCUT2D eigenvalue weighted by molar-refractivity contribution is 5.74. The molecule has 0 saturated carbocycles. The standard InChI is InChI=1S/C13H21F3N2O3/c14-13(15,16)11(19)9-3-5-18(6-4-9)12(20)17-8-10-2-1-7-21-10/h9-11,19H,1-8H2,(H,17,20)/t10-,11+/m0/s1. The van der Waals surface area contributed by atoms with E-state index in [9.17, 15) is 23.1 Å². The topological polar surface area (TPSA) is 61.8 Å². The molecule has 2 aliphatic rings. The molecular formula is C13H21F3N2O3. The van der Waals surface area contributed by atoms with Crippen LogP contribution in [0.15, 0.2) is 0 Å². The first-order valence-corrected chi connectivity index (χ1v) is 7.27. The lowest BCUT2D eigenvalue weighted by Gasteiger charge is -2.34. The second-order valence-electron chi connectivity index (χ2n) is 5.63. The van der Waals surface area contributed by atoms with E-state index in [1.807, 2.05) is 0 Å². The Morgan fingerprint density at radius 2 is 2.00 bits per heavy atom. The van der Waals surface area contributed by atoms with Gasteiger partial charge in [0.25, 0.3) is 0 Å². The molecule has 21 heavy (non-hydrogen) atoms. The average molecular weight is 310 g/mol. The van der Waals surface area contributed by atoms with Crippen LogP contribution in [0, 0.1) is 5.92 Å². The maximum Gasteiger partial charge on any atom is 0.414 e. The van der Waals surface area contributed by atoms with Gasteiger partial charge in [-0.2, -0.15) is 13.2 Å². The minimum absolute atomic E-state index is 0.0403. The van der Waals surface area contributed by atoms with Crippen LogP contribution < -0.4 is 5.32 Å². The maximum absolute atomic E-state index is 12.4. The number of piperidine rings is 1. The Hall–Kier alpha value is -1.02. The number of nitrogens with zero attached hydrogens (tertiary/aromatic N) is 1. The van der Waals surface area contributed by atoms with Gasteiger partial charge in [0.15, 0.2) is 6.10 Å². The number of amides is 2. The molecule has 0 aromatic rings. The van der Waals surface area contributed by atoms with E-state index in [2.05, 4.69) is 5.32 Å². The SMILES string of the molecule is O=C(NC[C@@H]1CCCO1)N1CCC([C@@H](O)C(F)(F)F)CC1. The molecule has 0 unspecified atom stereocenters. The first-order chi connectivity index (χ1) is 9.88. The number of aliphatic hydroxyl groups excluding tert-OH is 1. The fourth-order valence-corrected chi connectivity index (χ4v) is 2.80. The molecule has 0 aromatic heterocycles. The zero-order chi connectivity index (χ0) is 15.5. The third-order valence-electron chi connectivity index (χ3n) is 4.11. The van der Waals surface area contributed by atoms with Crippen LogP contribution in [0.2, 0.25) is 0 Å². The second-order valence-corrected chi connectivity index (χ2v) is 5.63. The summed E-state index contributed by atoms with van der Waals surface area (Å²) in [5.41, 5.74) is 0. The number of alkyl halides is 3. The summed E-state index contributed by atoms with van der Waals surface area (Å²) in [6.45, 7) is 1.61. The molecule has 2 amide bonds. The number of likely N-dealkylation sites (tertiary alicyclic amines) is 1. The van der Waals surface area contributed by atoms with E-state index in [1.54, 1.807) is 0 Å². The summed E-state index contributed by atoms with van der Waals surface area (Å²) >= 11 is 0. The summed E-state index contributed by atoms with van der Waals surface area (Å²) in [4.78, 5) is 13.4. The van der Waals surface area contributed by atoms with Crippen LogP contribution in [-0.2, 0) is 4.74 Å². The number of carbonyl (C=O) groups is 1. The molecule has 2 aliphatic heterocycles. The zero-order valence-electron chi connectivity index (χ0n) is 11.7. The lowest BCUT2D eigenvalue weighted by Crippen LogP contribution is -2.49. The average Bonchev–Trinajstić information content (AvgIpc) is 2.96. The molecular weight excluding hydrogens is 289 g/mol. The van der Waals surface area contributed by atoms with Crippen molar-refractivity contribution < 1.29 is 27.8 Å². The van der Waals surface area contributed by atoms with E-state index in [4.69, 9.17) is 4.74 Å². The smallest absolute Gasteiger partial charge is 0.383 e. The fourth-order valence-electron chi connectivity index (χ4n) is 2.80. The summed E-state index contributed by atoms with van der Waals surface area (Å²) in [5, 5.41) is 12.0. The molecule has 2 rings (SSSR count). The number of urea groups is 1.